The number of aryl methyl sites for hydroxylation is 1. The molecule has 0 saturated carbocycles. The van der Waals surface area contributed by atoms with Crippen LogP contribution in [0.2, 0.25) is 0 Å². The highest BCUT2D eigenvalue weighted by Gasteiger charge is 2.16. The molecule has 1 saturated heterocycles. The van der Waals surface area contributed by atoms with Crippen LogP contribution in [0.25, 0.3) is 0 Å². The van der Waals surface area contributed by atoms with Gasteiger partial charge < -0.3 is 10.1 Å². The zero-order valence-corrected chi connectivity index (χ0v) is 11.6. The van der Waals surface area contributed by atoms with Gasteiger partial charge in [0.25, 0.3) is 0 Å². The van der Waals surface area contributed by atoms with Gasteiger partial charge in [0, 0.05) is 24.2 Å². The molecule has 17 heavy (non-hydrogen) atoms. The first kappa shape index (κ1) is 13.0. The lowest BCUT2D eigenvalue weighted by atomic mass is 10.1. The van der Waals surface area contributed by atoms with E-state index in [-0.39, 0.29) is 0 Å². The quantitative estimate of drug-likeness (QED) is 0.877. The molecular weight excluding hydrogens is 232 g/mol. The van der Waals surface area contributed by atoms with Crippen LogP contribution in [0.4, 0.5) is 0 Å². The van der Waals surface area contributed by atoms with Crippen molar-refractivity contribution in [3.05, 3.63) is 16.1 Å². The van der Waals surface area contributed by atoms with Crippen molar-refractivity contribution in [1.82, 2.24) is 10.3 Å². The first-order valence-electron chi connectivity index (χ1n) is 6.59. The molecule has 1 fully saturated rings. The van der Waals surface area contributed by atoms with Crippen LogP contribution in [-0.4, -0.2) is 24.2 Å². The number of thiazole rings is 1. The van der Waals surface area contributed by atoms with E-state index < -0.39 is 0 Å². The van der Waals surface area contributed by atoms with Gasteiger partial charge in [-0.3, -0.25) is 0 Å². The Bertz CT molecular complexity index is 334. The molecule has 96 valence electrons. The average Bonchev–Trinajstić information content (AvgIpc) is 2.86. The third-order valence-corrected chi connectivity index (χ3v) is 4.54. The van der Waals surface area contributed by atoms with Gasteiger partial charge in [-0.25, -0.2) is 4.98 Å². The minimum Gasteiger partial charge on any atom is -0.377 e. The third kappa shape index (κ3) is 3.76. The average molecular weight is 254 g/mol. The number of nitrogens with zero attached hydrogens (tertiary/aromatic N) is 1. The topological polar surface area (TPSA) is 34.2 Å². The van der Waals surface area contributed by atoms with E-state index in [2.05, 4.69) is 24.1 Å². The van der Waals surface area contributed by atoms with Crippen LogP contribution in [0.15, 0.2) is 6.20 Å². The normalized spacial score (nSPS) is 22.6. The maximum Gasteiger partial charge on any atom is 0.109 e. The van der Waals surface area contributed by atoms with Gasteiger partial charge in [0.2, 0.25) is 0 Å². The summed E-state index contributed by atoms with van der Waals surface area (Å²) in [6.45, 7) is 6.23. The molecule has 1 aromatic heterocycles. The van der Waals surface area contributed by atoms with Gasteiger partial charge in [-0.2, -0.15) is 0 Å². The molecule has 1 N–H and O–H groups in total. The molecule has 0 aromatic carbocycles. The second-order valence-electron chi connectivity index (χ2n) is 4.64. The van der Waals surface area contributed by atoms with Gasteiger partial charge in [0.1, 0.15) is 5.01 Å². The zero-order chi connectivity index (χ0) is 12.1. The Morgan fingerprint density at radius 2 is 2.47 bits per heavy atom. The first-order valence-corrected chi connectivity index (χ1v) is 7.41. The van der Waals surface area contributed by atoms with Crippen LogP contribution < -0.4 is 5.32 Å². The Balaban J connectivity index is 1.77. The Kier molecular flexibility index (Phi) is 4.95. The fourth-order valence-corrected chi connectivity index (χ4v) is 2.93. The van der Waals surface area contributed by atoms with Crippen LogP contribution in [0, 0.1) is 0 Å². The van der Waals surface area contributed by atoms with E-state index in [1.807, 2.05) is 17.5 Å². The van der Waals surface area contributed by atoms with Crippen LogP contribution in [0.3, 0.4) is 0 Å². The standard InChI is InChI=1S/C13H22N2OS/c1-3-12-9-15-13(17-12)10(2)14-8-11-6-4-5-7-16-11/h9-11,14H,3-8H2,1-2H3. The smallest absolute Gasteiger partial charge is 0.109 e. The molecule has 2 unspecified atom stereocenters. The molecule has 1 aliphatic rings. The van der Waals surface area contributed by atoms with Crippen molar-refractivity contribution >= 4 is 11.3 Å². The van der Waals surface area contributed by atoms with Crippen LogP contribution >= 0.6 is 11.3 Å². The van der Waals surface area contributed by atoms with Crippen molar-refractivity contribution in [2.75, 3.05) is 13.2 Å². The highest BCUT2D eigenvalue weighted by molar-refractivity contribution is 7.11. The molecule has 2 atom stereocenters. The number of hydrogen-bond donors (Lipinski definition) is 1. The number of aromatic nitrogens is 1. The number of ether oxygens (including phenoxy) is 1. The summed E-state index contributed by atoms with van der Waals surface area (Å²) in [6.07, 6.45) is 7.19. The van der Waals surface area contributed by atoms with Crippen LogP contribution in [0.5, 0.6) is 0 Å². The molecule has 0 radical (unpaired) electrons. The van der Waals surface area contributed by atoms with Crippen molar-refractivity contribution in [2.45, 2.75) is 51.7 Å². The Morgan fingerprint density at radius 1 is 1.59 bits per heavy atom. The highest BCUT2D eigenvalue weighted by Crippen LogP contribution is 2.20. The Hall–Kier alpha value is -0.450. The Labute approximate surface area is 108 Å². The molecular formula is C13H22N2OS. The van der Waals surface area contributed by atoms with Crippen LogP contribution in [-0.2, 0) is 11.2 Å². The van der Waals surface area contributed by atoms with Gasteiger partial charge in [0.05, 0.1) is 12.1 Å². The van der Waals surface area contributed by atoms with Crippen LogP contribution in [0.1, 0.15) is 49.0 Å². The van der Waals surface area contributed by atoms with E-state index in [1.165, 1.54) is 29.1 Å². The van der Waals surface area contributed by atoms with Gasteiger partial charge in [-0.1, -0.05) is 6.92 Å². The number of rotatable bonds is 5. The summed E-state index contributed by atoms with van der Waals surface area (Å²) in [5.74, 6) is 0. The van der Waals surface area contributed by atoms with Crippen molar-refractivity contribution in [3.63, 3.8) is 0 Å². The summed E-state index contributed by atoms with van der Waals surface area (Å²) in [5, 5.41) is 4.72. The second-order valence-corrected chi connectivity index (χ2v) is 5.78. The molecule has 4 heteroatoms. The Morgan fingerprint density at radius 3 is 3.12 bits per heavy atom. The fourth-order valence-electron chi connectivity index (χ4n) is 2.05. The van der Waals surface area contributed by atoms with Crippen molar-refractivity contribution < 1.29 is 4.74 Å². The van der Waals surface area contributed by atoms with Crippen molar-refractivity contribution in [3.8, 4) is 0 Å². The predicted molar refractivity (Wildman–Crippen MR) is 71.5 cm³/mol. The first-order chi connectivity index (χ1) is 8.29. The molecule has 0 spiro atoms. The second kappa shape index (κ2) is 6.47. The van der Waals surface area contributed by atoms with E-state index in [1.54, 1.807) is 0 Å². The van der Waals surface area contributed by atoms with E-state index >= 15 is 0 Å². The summed E-state index contributed by atoms with van der Waals surface area (Å²) in [7, 11) is 0. The summed E-state index contributed by atoms with van der Waals surface area (Å²) in [5.41, 5.74) is 0. The summed E-state index contributed by atoms with van der Waals surface area (Å²) in [6, 6.07) is 0.339. The molecule has 2 rings (SSSR count). The summed E-state index contributed by atoms with van der Waals surface area (Å²) < 4.78 is 5.71. The SMILES string of the molecule is CCc1cnc(C(C)NCC2CCCCO2)s1. The lowest BCUT2D eigenvalue weighted by molar-refractivity contribution is 0.0156. The lowest BCUT2D eigenvalue weighted by Crippen LogP contribution is -2.33. The number of hydrogen-bond acceptors (Lipinski definition) is 4. The molecule has 1 aromatic rings. The molecule has 0 amide bonds. The molecule has 1 aliphatic heterocycles. The van der Waals surface area contributed by atoms with Gasteiger partial charge in [-0.15, -0.1) is 11.3 Å². The van der Waals surface area contributed by atoms with E-state index in [4.69, 9.17) is 4.74 Å². The summed E-state index contributed by atoms with van der Waals surface area (Å²) >= 11 is 1.81. The third-order valence-electron chi connectivity index (χ3n) is 3.22. The minimum absolute atomic E-state index is 0.339. The highest BCUT2D eigenvalue weighted by atomic mass is 32.1. The molecule has 0 bridgehead atoms. The molecule has 3 nitrogen and oxygen atoms in total. The maximum atomic E-state index is 5.71. The zero-order valence-electron chi connectivity index (χ0n) is 10.7. The van der Waals surface area contributed by atoms with Gasteiger partial charge >= 0.3 is 0 Å². The van der Waals surface area contributed by atoms with Crippen molar-refractivity contribution in [2.24, 2.45) is 0 Å². The molecule has 0 aliphatic carbocycles. The van der Waals surface area contributed by atoms with E-state index in [9.17, 15) is 0 Å². The van der Waals surface area contributed by atoms with Crippen molar-refractivity contribution in [1.29, 1.82) is 0 Å². The van der Waals surface area contributed by atoms with E-state index in [0.717, 1.165) is 19.6 Å². The monoisotopic (exact) mass is 254 g/mol. The minimum atomic E-state index is 0.339. The molecule has 2 heterocycles. The summed E-state index contributed by atoms with van der Waals surface area (Å²) in [4.78, 5) is 5.83. The largest absolute Gasteiger partial charge is 0.377 e. The van der Waals surface area contributed by atoms with E-state index in [0.29, 0.717) is 12.1 Å². The number of nitrogens with one attached hydrogen (secondary N) is 1. The fraction of sp³-hybridized carbons (Fsp3) is 0.769. The predicted octanol–water partition coefficient (Wildman–Crippen LogP) is 2.93. The lowest BCUT2D eigenvalue weighted by Gasteiger charge is -2.24. The maximum absolute atomic E-state index is 5.71. The van der Waals surface area contributed by atoms with Gasteiger partial charge in [-0.05, 0) is 32.6 Å². The van der Waals surface area contributed by atoms with Gasteiger partial charge in [0.15, 0.2) is 0 Å².